The molecule has 0 aromatic heterocycles. The molecule has 1 amide bonds. The second-order valence-electron chi connectivity index (χ2n) is 3.50. The van der Waals surface area contributed by atoms with Gasteiger partial charge in [-0.05, 0) is 6.92 Å². The highest BCUT2D eigenvalue weighted by Crippen LogP contribution is 2.12. The van der Waals surface area contributed by atoms with Crippen molar-refractivity contribution in [2.24, 2.45) is 0 Å². The molecule has 0 aromatic rings. The van der Waals surface area contributed by atoms with Gasteiger partial charge < -0.3 is 19.5 Å². The van der Waals surface area contributed by atoms with E-state index in [2.05, 4.69) is 6.58 Å². The van der Waals surface area contributed by atoms with Gasteiger partial charge in [0.1, 0.15) is 6.61 Å². The lowest BCUT2D eigenvalue weighted by Crippen LogP contribution is -2.52. The van der Waals surface area contributed by atoms with Crippen molar-refractivity contribution in [3.63, 3.8) is 0 Å². The Morgan fingerprint density at radius 1 is 1.80 bits per heavy atom. The highest BCUT2D eigenvalue weighted by atomic mass is 16.6. The molecule has 0 aromatic carbocycles. The van der Waals surface area contributed by atoms with E-state index in [1.807, 2.05) is 6.92 Å². The fraction of sp³-hybridized carbons (Fsp3) is 0.700. The molecule has 1 rings (SSSR count). The molecule has 15 heavy (non-hydrogen) atoms. The SMILES string of the molecule is C=CCOC(=O)N1CC(CO)OCC1C. The van der Waals surface area contributed by atoms with Gasteiger partial charge in [0.2, 0.25) is 0 Å². The zero-order valence-electron chi connectivity index (χ0n) is 8.89. The lowest BCUT2D eigenvalue weighted by Gasteiger charge is -2.36. The third-order valence-electron chi connectivity index (χ3n) is 2.27. The van der Waals surface area contributed by atoms with Crippen LogP contribution in [-0.2, 0) is 9.47 Å². The van der Waals surface area contributed by atoms with E-state index in [-0.39, 0.29) is 31.5 Å². The number of carbonyl (C=O) groups excluding carboxylic acids is 1. The van der Waals surface area contributed by atoms with E-state index >= 15 is 0 Å². The Labute approximate surface area is 89.3 Å². The number of aliphatic hydroxyl groups is 1. The molecule has 2 atom stereocenters. The Kier molecular flexibility index (Phi) is 4.58. The first-order valence-electron chi connectivity index (χ1n) is 4.95. The number of aliphatic hydroxyl groups excluding tert-OH is 1. The first-order chi connectivity index (χ1) is 7.19. The smallest absolute Gasteiger partial charge is 0.410 e. The lowest BCUT2D eigenvalue weighted by atomic mass is 10.2. The highest BCUT2D eigenvalue weighted by molar-refractivity contribution is 5.68. The van der Waals surface area contributed by atoms with Crippen LogP contribution in [-0.4, -0.2) is 54.6 Å². The third-order valence-corrected chi connectivity index (χ3v) is 2.27. The molecule has 2 unspecified atom stereocenters. The van der Waals surface area contributed by atoms with E-state index in [9.17, 15) is 4.79 Å². The van der Waals surface area contributed by atoms with Crippen LogP contribution in [0.4, 0.5) is 4.79 Å². The molecule has 1 aliphatic rings. The fourth-order valence-electron chi connectivity index (χ4n) is 1.40. The van der Waals surface area contributed by atoms with Crippen molar-refractivity contribution in [1.82, 2.24) is 4.90 Å². The van der Waals surface area contributed by atoms with Crippen molar-refractivity contribution in [1.29, 1.82) is 0 Å². The molecule has 0 saturated carbocycles. The molecule has 1 aliphatic heterocycles. The Bertz CT molecular complexity index is 231. The maximum Gasteiger partial charge on any atom is 0.410 e. The van der Waals surface area contributed by atoms with Crippen LogP contribution in [0.3, 0.4) is 0 Å². The summed E-state index contributed by atoms with van der Waals surface area (Å²) in [4.78, 5) is 13.1. The van der Waals surface area contributed by atoms with Gasteiger partial charge in [-0.3, -0.25) is 0 Å². The molecule has 1 saturated heterocycles. The predicted octanol–water partition coefficient (Wildman–Crippen LogP) is 0.391. The molecule has 0 aliphatic carbocycles. The summed E-state index contributed by atoms with van der Waals surface area (Å²) >= 11 is 0. The van der Waals surface area contributed by atoms with Gasteiger partial charge in [0.25, 0.3) is 0 Å². The second kappa shape index (κ2) is 5.72. The molecule has 1 heterocycles. The van der Waals surface area contributed by atoms with Crippen LogP contribution in [0.25, 0.3) is 0 Å². The van der Waals surface area contributed by atoms with E-state index in [1.165, 1.54) is 6.08 Å². The zero-order valence-corrected chi connectivity index (χ0v) is 8.89. The quantitative estimate of drug-likeness (QED) is 0.692. The van der Waals surface area contributed by atoms with Crippen molar-refractivity contribution in [3.8, 4) is 0 Å². The summed E-state index contributed by atoms with van der Waals surface area (Å²) in [6.07, 6.45) is 0.827. The van der Waals surface area contributed by atoms with Gasteiger partial charge in [0.15, 0.2) is 0 Å². The average Bonchev–Trinajstić information content (AvgIpc) is 2.26. The van der Waals surface area contributed by atoms with Crippen LogP contribution in [0.1, 0.15) is 6.92 Å². The minimum atomic E-state index is -0.385. The molecule has 86 valence electrons. The van der Waals surface area contributed by atoms with E-state index in [0.29, 0.717) is 13.2 Å². The van der Waals surface area contributed by atoms with Crippen LogP contribution >= 0.6 is 0 Å². The molecule has 1 N–H and O–H groups in total. The fourth-order valence-corrected chi connectivity index (χ4v) is 1.40. The van der Waals surface area contributed by atoms with Crippen molar-refractivity contribution >= 4 is 6.09 Å². The zero-order chi connectivity index (χ0) is 11.3. The maximum absolute atomic E-state index is 11.5. The van der Waals surface area contributed by atoms with Crippen molar-refractivity contribution < 1.29 is 19.4 Å². The maximum atomic E-state index is 11.5. The predicted molar refractivity (Wildman–Crippen MR) is 54.5 cm³/mol. The number of amides is 1. The summed E-state index contributed by atoms with van der Waals surface area (Å²) in [5.74, 6) is 0. The molecule has 0 radical (unpaired) electrons. The lowest BCUT2D eigenvalue weighted by molar-refractivity contribution is -0.0715. The molecule has 0 bridgehead atoms. The van der Waals surface area contributed by atoms with Crippen molar-refractivity contribution in [2.75, 3.05) is 26.4 Å². The summed E-state index contributed by atoms with van der Waals surface area (Å²) in [6.45, 7) is 6.25. The van der Waals surface area contributed by atoms with E-state index in [0.717, 1.165) is 0 Å². The summed E-state index contributed by atoms with van der Waals surface area (Å²) in [6, 6.07) is -0.0230. The van der Waals surface area contributed by atoms with Crippen LogP contribution in [0, 0.1) is 0 Å². The Hall–Kier alpha value is -1.07. The number of hydrogen-bond acceptors (Lipinski definition) is 4. The van der Waals surface area contributed by atoms with E-state index in [1.54, 1.807) is 4.90 Å². The topological polar surface area (TPSA) is 59.0 Å². The first kappa shape index (κ1) is 12.0. The van der Waals surface area contributed by atoms with Gasteiger partial charge in [-0.1, -0.05) is 12.7 Å². The van der Waals surface area contributed by atoms with Gasteiger partial charge in [-0.15, -0.1) is 0 Å². The summed E-state index contributed by atoms with van der Waals surface area (Å²) in [5.41, 5.74) is 0. The van der Waals surface area contributed by atoms with Gasteiger partial charge >= 0.3 is 6.09 Å². The summed E-state index contributed by atoms with van der Waals surface area (Å²) in [7, 11) is 0. The minimum Gasteiger partial charge on any atom is -0.445 e. The van der Waals surface area contributed by atoms with Gasteiger partial charge in [-0.25, -0.2) is 4.79 Å². The third kappa shape index (κ3) is 3.21. The Morgan fingerprint density at radius 2 is 2.53 bits per heavy atom. The second-order valence-corrected chi connectivity index (χ2v) is 3.50. The molecule has 5 nitrogen and oxygen atoms in total. The van der Waals surface area contributed by atoms with Gasteiger partial charge in [-0.2, -0.15) is 0 Å². The molecule has 0 spiro atoms. The molecular formula is C10H17NO4. The number of ether oxygens (including phenoxy) is 2. The Morgan fingerprint density at radius 3 is 3.13 bits per heavy atom. The van der Waals surface area contributed by atoms with Crippen molar-refractivity contribution in [3.05, 3.63) is 12.7 Å². The standard InChI is InChI=1S/C10H17NO4/c1-3-4-14-10(13)11-5-9(6-12)15-7-8(11)2/h3,8-9,12H,1,4-7H2,2H3. The van der Waals surface area contributed by atoms with Crippen LogP contribution in [0.15, 0.2) is 12.7 Å². The first-order valence-corrected chi connectivity index (χ1v) is 4.95. The van der Waals surface area contributed by atoms with Crippen LogP contribution < -0.4 is 0 Å². The Balaban J connectivity index is 2.49. The number of hydrogen-bond donors (Lipinski definition) is 1. The largest absolute Gasteiger partial charge is 0.445 e. The summed E-state index contributed by atoms with van der Waals surface area (Å²) in [5, 5.41) is 8.93. The average molecular weight is 215 g/mol. The molecule has 5 heteroatoms. The van der Waals surface area contributed by atoms with E-state index in [4.69, 9.17) is 14.6 Å². The highest BCUT2D eigenvalue weighted by Gasteiger charge is 2.29. The summed E-state index contributed by atoms with van der Waals surface area (Å²) < 4.78 is 10.2. The number of rotatable bonds is 3. The molecular weight excluding hydrogens is 198 g/mol. The number of nitrogens with zero attached hydrogens (tertiary/aromatic N) is 1. The van der Waals surface area contributed by atoms with E-state index < -0.39 is 0 Å². The molecule has 1 fully saturated rings. The monoisotopic (exact) mass is 215 g/mol. The minimum absolute atomic E-state index is 0.0230. The van der Waals surface area contributed by atoms with Crippen molar-refractivity contribution in [2.45, 2.75) is 19.1 Å². The normalized spacial score (nSPS) is 26.1. The number of carbonyl (C=O) groups is 1. The van der Waals surface area contributed by atoms with Crippen LogP contribution in [0.2, 0.25) is 0 Å². The number of morpholine rings is 1. The van der Waals surface area contributed by atoms with Gasteiger partial charge in [0, 0.05) is 0 Å². The van der Waals surface area contributed by atoms with Gasteiger partial charge in [0.05, 0.1) is 31.9 Å². The van der Waals surface area contributed by atoms with Crippen LogP contribution in [0.5, 0.6) is 0 Å².